The first-order valence-electron chi connectivity index (χ1n) is 10.1. The fourth-order valence-corrected chi connectivity index (χ4v) is 3.62. The Balaban J connectivity index is 1.45. The minimum atomic E-state index is -0.261. The Morgan fingerprint density at radius 1 is 0.931 bits per heavy atom. The van der Waals surface area contributed by atoms with E-state index in [1.165, 1.54) is 18.7 Å². The SMILES string of the molecule is CC(=O)N(CCC(=O)N1CCN(c2ccccc2)CC1)CCc1ccccc1F. The number of amides is 2. The molecule has 1 heterocycles. The van der Waals surface area contributed by atoms with Gasteiger partial charge in [-0.3, -0.25) is 9.59 Å². The Hall–Kier alpha value is -2.89. The zero-order valence-corrected chi connectivity index (χ0v) is 16.9. The van der Waals surface area contributed by atoms with Crippen molar-refractivity contribution in [2.75, 3.05) is 44.2 Å². The van der Waals surface area contributed by atoms with E-state index in [0.29, 0.717) is 44.6 Å². The van der Waals surface area contributed by atoms with Crippen molar-refractivity contribution in [3.63, 3.8) is 0 Å². The maximum absolute atomic E-state index is 13.8. The molecule has 1 aliphatic rings. The van der Waals surface area contributed by atoms with Gasteiger partial charge >= 0.3 is 0 Å². The van der Waals surface area contributed by atoms with Crippen molar-refractivity contribution >= 4 is 17.5 Å². The Bertz CT molecular complexity index is 820. The van der Waals surface area contributed by atoms with Crippen molar-refractivity contribution < 1.29 is 14.0 Å². The molecular weight excluding hydrogens is 369 g/mol. The number of carbonyl (C=O) groups is 2. The van der Waals surface area contributed by atoms with Gasteiger partial charge in [0.25, 0.3) is 0 Å². The predicted octanol–water partition coefficient (Wildman–Crippen LogP) is 2.96. The Labute approximate surface area is 171 Å². The van der Waals surface area contributed by atoms with Crippen LogP contribution in [0.25, 0.3) is 0 Å². The summed E-state index contributed by atoms with van der Waals surface area (Å²) >= 11 is 0. The van der Waals surface area contributed by atoms with Gasteiger partial charge in [-0.25, -0.2) is 4.39 Å². The van der Waals surface area contributed by atoms with Crippen molar-refractivity contribution in [1.29, 1.82) is 0 Å². The first-order valence-corrected chi connectivity index (χ1v) is 10.1. The molecule has 29 heavy (non-hydrogen) atoms. The van der Waals surface area contributed by atoms with E-state index in [9.17, 15) is 14.0 Å². The average molecular weight is 397 g/mol. The van der Waals surface area contributed by atoms with Crippen LogP contribution in [0.4, 0.5) is 10.1 Å². The van der Waals surface area contributed by atoms with Crippen LogP contribution in [0.15, 0.2) is 54.6 Å². The van der Waals surface area contributed by atoms with E-state index in [2.05, 4.69) is 17.0 Å². The number of anilines is 1. The zero-order valence-electron chi connectivity index (χ0n) is 16.9. The number of nitrogens with zero attached hydrogens (tertiary/aromatic N) is 3. The van der Waals surface area contributed by atoms with Gasteiger partial charge < -0.3 is 14.7 Å². The van der Waals surface area contributed by atoms with Crippen LogP contribution in [0.1, 0.15) is 18.9 Å². The largest absolute Gasteiger partial charge is 0.368 e. The predicted molar refractivity (Wildman–Crippen MR) is 112 cm³/mol. The van der Waals surface area contributed by atoms with Gasteiger partial charge in [-0.05, 0) is 30.2 Å². The third-order valence-electron chi connectivity index (χ3n) is 5.40. The van der Waals surface area contributed by atoms with Crippen molar-refractivity contribution in [2.45, 2.75) is 19.8 Å². The lowest BCUT2D eigenvalue weighted by atomic mass is 10.1. The molecule has 5 nitrogen and oxygen atoms in total. The summed E-state index contributed by atoms with van der Waals surface area (Å²) in [6.07, 6.45) is 0.735. The van der Waals surface area contributed by atoms with Crippen LogP contribution in [0.3, 0.4) is 0 Å². The van der Waals surface area contributed by atoms with Gasteiger partial charge in [0, 0.05) is 58.3 Å². The summed E-state index contributed by atoms with van der Waals surface area (Å²) in [5.74, 6) is -0.291. The van der Waals surface area contributed by atoms with Gasteiger partial charge in [-0.1, -0.05) is 36.4 Å². The molecule has 2 aromatic carbocycles. The van der Waals surface area contributed by atoms with Crippen LogP contribution in [0.5, 0.6) is 0 Å². The highest BCUT2D eigenvalue weighted by atomic mass is 19.1. The molecule has 0 unspecified atom stereocenters. The molecule has 6 heteroatoms. The molecule has 3 rings (SSSR count). The highest BCUT2D eigenvalue weighted by molar-refractivity contribution is 5.78. The van der Waals surface area contributed by atoms with E-state index in [-0.39, 0.29) is 17.6 Å². The van der Waals surface area contributed by atoms with Gasteiger partial charge in [0.05, 0.1) is 0 Å². The quantitative estimate of drug-likeness (QED) is 0.722. The van der Waals surface area contributed by atoms with Crippen LogP contribution in [0.2, 0.25) is 0 Å². The molecule has 0 N–H and O–H groups in total. The average Bonchev–Trinajstić information content (AvgIpc) is 2.75. The summed E-state index contributed by atoms with van der Waals surface area (Å²) < 4.78 is 13.8. The number of hydrogen-bond acceptors (Lipinski definition) is 3. The number of para-hydroxylation sites is 1. The smallest absolute Gasteiger partial charge is 0.224 e. The van der Waals surface area contributed by atoms with Crippen molar-refractivity contribution in [3.05, 3.63) is 66.0 Å². The second kappa shape index (κ2) is 10.0. The van der Waals surface area contributed by atoms with Crippen LogP contribution < -0.4 is 4.90 Å². The molecule has 0 aromatic heterocycles. The van der Waals surface area contributed by atoms with E-state index < -0.39 is 0 Å². The van der Waals surface area contributed by atoms with E-state index >= 15 is 0 Å². The van der Waals surface area contributed by atoms with Crippen molar-refractivity contribution in [2.24, 2.45) is 0 Å². The molecule has 0 atom stereocenters. The highest BCUT2D eigenvalue weighted by Gasteiger charge is 2.22. The Morgan fingerprint density at radius 2 is 1.59 bits per heavy atom. The summed E-state index contributed by atoms with van der Waals surface area (Å²) in [7, 11) is 0. The minimum absolute atomic E-state index is 0.0647. The van der Waals surface area contributed by atoms with Gasteiger partial charge in [-0.2, -0.15) is 0 Å². The lowest BCUT2D eigenvalue weighted by Crippen LogP contribution is -2.49. The normalized spacial score (nSPS) is 14.0. The number of halogens is 1. The molecule has 0 saturated carbocycles. The summed E-state index contributed by atoms with van der Waals surface area (Å²) in [6, 6.07) is 16.8. The Kier molecular flexibility index (Phi) is 7.22. The van der Waals surface area contributed by atoms with E-state index in [0.717, 1.165) is 13.1 Å². The molecule has 1 aliphatic heterocycles. The van der Waals surface area contributed by atoms with E-state index in [4.69, 9.17) is 0 Å². The summed E-state index contributed by atoms with van der Waals surface area (Å²) in [4.78, 5) is 30.3. The number of carbonyl (C=O) groups excluding carboxylic acids is 2. The van der Waals surface area contributed by atoms with Crippen molar-refractivity contribution in [3.8, 4) is 0 Å². The van der Waals surface area contributed by atoms with Gasteiger partial charge in [0.1, 0.15) is 5.82 Å². The Morgan fingerprint density at radius 3 is 2.24 bits per heavy atom. The lowest BCUT2D eigenvalue weighted by molar-refractivity contribution is -0.133. The first-order chi connectivity index (χ1) is 14.0. The van der Waals surface area contributed by atoms with E-state index in [1.807, 2.05) is 23.1 Å². The summed E-state index contributed by atoms with van der Waals surface area (Å²) in [5.41, 5.74) is 1.76. The fourth-order valence-electron chi connectivity index (χ4n) is 3.62. The maximum Gasteiger partial charge on any atom is 0.224 e. The second-order valence-electron chi connectivity index (χ2n) is 7.30. The first kappa shape index (κ1) is 20.8. The van der Waals surface area contributed by atoms with E-state index in [1.54, 1.807) is 23.1 Å². The summed E-state index contributed by atoms with van der Waals surface area (Å²) in [6.45, 7) is 5.24. The maximum atomic E-state index is 13.8. The number of rotatable bonds is 7. The van der Waals surface area contributed by atoms with Gasteiger partial charge in [0.15, 0.2) is 0 Å². The van der Waals surface area contributed by atoms with Crippen LogP contribution in [-0.2, 0) is 16.0 Å². The van der Waals surface area contributed by atoms with Gasteiger partial charge in [-0.15, -0.1) is 0 Å². The molecule has 2 amide bonds. The third kappa shape index (κ3) is 5.79. The zero-order chi connectivity index (χ0) is 20.6. The standard InChI is InChI=1S/C23H28FN3O2/c1-19(28)25(13-11-20-7-5-6-10-22(20)24)14-12-23(29)27-17-15-26(16-18-27)21-8-3-2-4-9-21/h2-10H,11-18H2,1H3. The van der Waals surface area contributed by atoms with Crippen LogP contribution >= 0.6 is 0 Å². The molecule has 1 fully saturated rings. The third-order valence-corrected chi connectivity index (χ3v) is 5.40. The van der Waals surface area contributed by atoms with Crippen LogP contribution in [0, 0.1) is 5.82 Å². The minimum Gasteiger partial charge on any atom is -0.368 e. The topological polar surface area (TPSA) is 43.9 Å². The lowest BCUT2D eigenvalue weighted by Gasteiger charge is -2.36. The number of benzene rings is 2. The molecule has 2 aromatic rings. The van der Waals surface area contributed by atoms with Crippen LogP contribution in [-0.4, -0.2) is 60.9 Å². The highest BCUT2D eigenvalue weighted by Crippen LogP contribution is 2.16. The molecular formula is C23H28FN3O2. The fraction of sp³-hybridized carbons (Fsp3) is 0.391. The molecule has 0 radical (unpaired) electrons. The molecule has 0 bridgehead atoms. The van der Waals surface area contributed by atoms with Crippen molar-refractivity contribution in [1.82, 2.24) is 9.80 Å². The number of piperazine rings is 1. The second-order valence-corrected chi connectivity index (χ2v) is 7.30. The number of hydrogen-bond donors (Lipinski definition) is 0. The molecule has 0 aliphatic carbocycles. The van der Waals surface area contributed by atoms with Gasteiger partial charge in [0.2, 0.25) is 11.8 Å². The molecule has 0 spiro atoms. The summed E-state index contributed by atoms with van der Waals surface area (Å²) in [5, 5.41) is 0. The molecule has 1 saturated heterocycles. The molecule has 154 valence electrons. The monoisotopic (exact) mass is 397 g/mol.